The van der Waals surface area contributed by atoms with Gasteiger partial charge in [0.05, 0.1) is 12.3 Å². The average molecular weight is 327 g/mol. The van der Waals surface area contributed by atoms with Crippen LogP contribution in [0.15, 0.2) is 41.1 Å². The highest BCUT2D eigenvalue weighted by molar-refractivity contribution is 5.53. The van der Waals surface area contributed by atoms with Gasteiger partial charge in [0, 0.05) is 30.5 Å². The first-order valence-corrected chi connectivity index (χ1v) is 8.39. The Labute approximate surface area is 141 Å². The van der Waals surface area contributed by atoms with Crippen LogP contribution in [0.4, 0.5) is 4.39 Å². The molecule has 1 aromatic carbocycles. The molecular formula is C19H22FN3O. The lowest BCUT2D eigenvalue weighted by Crippen LogP contribution is -2.48. The van der Waals surface area contributed by atoms with E-state index in [1.165, 1.54) is 0 Å². The Morgan fingerprint density at radius 3 is 2.79 bits per heavy atom. The van der Waals surface area contributed by atoms with Gasteiger partial charge < -0.3 is 4.42 Å². The average Bonchev–Trinajstić information content (AvgIpc) is 3.13. The maximum Gasteiger partial charge on any atom is 0.225 e. The Hall–Kier alpha value is -2.19. The topological polar surface area (TPSA) is 53.1 Å². The summed E-state index contributed by atoms with van der Waals surface area (Å²) in [5.74, 6) is 0.604. The Bertz CT molecular complexity index is 692. The minimum atomic E-state index is -0.942. The van der Waals surface area contributed by atoms with E-state index in [2.05, 4.69) is 16.0 Å². The molecule has 1 saturated heterocycles. The number of alkyl halides is 1. The van der Waals surface area contributed by atoms with Crippen LogP contribution < -0.4 is 0 Å². The first kappa shape index (κ1) is 16.7. The third kappa shape index (κ3) is 3.34. The predicted octanol–water partition coefficient (Wildman–Crippen LogP) is 4.20. The van der Waals surface area contributed by atoms with Crippen molar-refractivity contribution in [3.05, 3.63) is 42.3 Å². The maximum atomic E-state index is 14.7. The van der Waals surface area contributed by atoms with E-state index in [0.717, 1.165) is 37.1 Å². The van der Waals surface area contributed by atoms with E-state index < -0.39 is 11.6 Å². The summed E-state index contributed by atoms with van der Waals surface area (Å²) < 4.78 is 20.0. The quantitative estimate of drug-likeness (QED) is 0.826. The summed E-state index contributed by atoms with van der Waals surface area (Å²) >= 11 is 0. The summed E-state index contributed by atoms with van der Waals surface area (Å²) in [7, 11) is 0. The lowest BCUT2D eigenvalue weighted by atomic mass is 9.72. The first-order valence-electron chi connectivity index (χ1n) is 8.39. The summed E-state index contributed by atoms with van der Waals surface area (Å²) in [6, 6.07) is 10.2. The number of rotatable bonds is 5. The molecule has 2 heterocycles. The van der Waals surface area contributed by atoms with Crippen molar-refractivity contribution in [2.24, 2.45) is 5.41 Å². The summed E-state index contributed by atoms with van der Waals surface area (Å²) in [5, 5.41) is 9.00. The van der Waals surface area contributed by atoms with E-state index in [4.69, 9.17) is 9.68 Å². The van der Waals surface area contributed by atoms with Crippen LogP contribution in [0, 0.1) is 16.7 Å². The standard InChI is InChI=1S/C19H22FN3O/c1-2-19(7-9-21)8-11-23(14-17(19)20)13-15-3-5-16(6-4-15)18-22-10-12-24-18/h3-6,10,12,17H,2,7-8,11,13-14H2,1H3. The second-order valence-corrected chi connectivity index (χ2v) is 6.54. The molecule has 2 aromatic rings. The SMILES string of the molecule is CCC1(CC#N)CCN(Cc2ccc(-c3ncco3)cc2)CC1F. The van der Waals surface area contributed by atoms with Crippen LogP contribution in [0.25, 0.3) is 11.5 Å². The molecule has 0 radical (unpaired) electrons. The first-order chi connectivity index (χ1) is 11.7. The molecule has 5 heteroatoms. The number of nitrogens with zero attached hydrogens (tertiary/aromatic N) is 3. The Balaban J connectivity index is 1.62. The summed E-state index contributed by atoms with van der Waals surface area (Å²) in [6.45, 7) is 3.94. The van der Waals surface area contributed by atoms with Crippen LogP contribution in [0.1, 0.15) is 31.7 Å². The smallest absolute Gasteiger partial charge is 0.225 e. The van der Waals surface area contributed by atoms with Crippen molar-refractivity contribution in [2.75, 3.05) is 13.1 Å². The fourth-order valence-corrected chi connectivity index (χ4v) is 3.45. The monoisotopic (exact) mass is 327 g/mol. The molecule has 1 fully saturated rings. The fraction of sp³-hybridized carbons (Fsp3) is 0.474. The number of hydrogen-bond acceptors (Lipinski definition) is 4. The van der Waals surface area contributed by atoms with Crippen molar-refractivity contribution in [1.82, 2.24) is 9.88 Å². The third-order valence-electron chi connectivity index (χ3n) is 5.18. The van der Waals surface area contributed by atoms with Gasteiger partial charge in [-0.2, -0.15) is 5.26 Å². The molecule has 24 heavy (non-hydrogen) atoms. The van der Waals surface area contributed by atoms with E-state index in [-0.39, 0.29) is 0 Å². The molecule has 0 bridgehead atoms. The molecule has 0 aliphatic carbocycles. The van der Waals surface area contributed by atoms with Crippen molar-refractivity contribution in [1.29, 1.82) is 5.26 Å². The molecule has 1 aromatic heterocycles. The number of halogens is 1. The van der Waals surface area contributed by atoms with E-state index in [1.807, 2.05) is 31.2 Å². The highest BCUT2D eigenvalue weighted by atomic mass is 19.1. The van der Waals surface area contributed by atoms with Gasteiger partial charge in [0.15, 0.2) is 0 Å². The number of likely N-dealkylation sites (tertiary alicyclic amines) is 1. The van der Waals surface area contributed by atoms with Crippen molar-refractivity contribution in [2.45, 2.75) is 38.9 Å². The zero-order valence-corrected chi connectivity index (χ0v) is 13.9. The van der Waals surface area contributed by atoms with Crippen LogP contribution in [0.5, 0.6) is 0 Å². The number of benzene rings is 1. The largest absolute Gasteiger partial charge is 0.445 e. The van der Waals surface area contributed by atoms with Crippen LogP contribution in [0.2, 0.25) is 0 Å². The molecule has 0 amide bonds. The molecule has 3 rings (SSSR count). The minimum Gasteiger partial charge on any atom is -0.445 e. The van der Waals surface area contributed by atoms with Gasteiger partial charge >= 0.3 is 0 Å². The fourth-order valence-electron chi connectivity index (χ4n) is 3.45. The number of nitriles is 1. The van der Waals surface area contributed by atoms with Gasteiger partial charge in [0.2, 0.25) is 5.89 Å². The van der Waals surface area contributed by atoms with Crippen molar-refractivity contribution in [3.8, 4) is 17.5 Å². The number of hydrogen-bond donors (Lipinski definition) is 0. The summed E-state index contributed by atoms with van der Waals surface area (Å²) in [6.07, 6.45) is 4.01. The van der Waals surface area contributed by atoms with Gasteiger partial charge in [-0.25, -0.2) is 9.37 Å². The van der Waals surface area contributed by atoms with Crippen LogP contribution in [-0.2, 0) is 6.54 Å². The lowest BCUT2D eigenvalue weighted by molar-refractivity contribution is 0.00335. The predicted molar refractivity (Wildman–Crippen MR) is 89.7 cm³/mol. The van der Waals surface area contributed by atoms with Crippen LogP contribution in [-0.4, -0.2) is 29.1 Å². The van der Waals surface area contributed by atoms with Gasteiger partial charge in [-0.15, -0.1) is 0 Å². The lowest BCUT2D eigenvalue weighted by Gasteiger charge is -2.42. The zero-order valence-electron chi connectivity index (χ0n) is 13.9. The molecule has 1 aliphatic rings. The second-order valence-electron chi connectivity index (χ2n) is 6.54. The zero-order chi connectivity index (χ0) is 17.0. The maximum absolute atomic E-state index is 14.7. The van der Waals surface area contributed by atoms with Gasteiger partial charge in [-0.05, 0) is 37.1 Å². The Morgan fingerprint density at radius 1 is 1.42 bits per heavy atom. The Kier molecular flexibility index (Phi) is 4.96. The van der Waals surface area contributed by atoms with Crippen LogP contribution in [0.3, 0.4) is 0 Å². The van der Waals surface area contributed by atoms with Gasteiger partial charge in [-0.1, -0.05) is 19.1 Å². The molecule has 2 unspecified atom stereocenters. The highest BCUT2D eigenvalue weighted by Gasteiger charge is 2.41. The molecule has 0 N–H and O–H groups in total. The van der Waals surface area contributed by atoms with E-state index in [9.17, 15) is 4.39 Å². The van der Waals surface area contributed by atoms with E-state index in [0.29, 0.717) is 18.9 Å². The third-order valence-corrected chi connectivity index (χ3v) is 5.18. The highest BCUT2D eigenvalue weighted by Crippen LogP contribution is 2.40. The van der Waals surface area contributed by atoms with E-state index >= 15 is 0 Å². The second kappa shape index (κ2) is 7.14. The summed E-state index contributed by atoms with van der Waals surface area (Å²) in [4.78, 5) is 6.27. The van der Waals surface area contributed by atoms with Crippen LogP contribution >= 0.6 is 0 Å². The van der Waals surface area contributed by atoms with Gasteiger partial charge in [0.25, 0.3) is 0 Å². The minimum absolute atomic E-state index is 0.309. The van der Waals surface area contributed by atoms with Crippen molar-refractivity contribution < 1.29 is 8.81 Å². The normalized spacial score (nSPS) is 24.6. The molecule has 4 nitrogen and oxygen atoms in total. The molecular weight excluding hydrogens is 305 g/mol. The number of oxazole rings is 1. The Morgan fingerprint density at radius 2 is 2.21 bits per heavy atom. The van der Waals surface area contributed by atoms with Gasteiger partial charge in [-0.3, -0.25) is 4.90 Å². The van der Waals surface area contributed by atoms with Crippen molar-refractivity contribution in [3.63, 3.8) is 0 Å². The molecule has 1 aliphatic heterocycles. The van der Waals surface area contributed by atoms with Gasteiger partial charge in [0.1, 0.15) is 12.4 Å². The summed E-state index contributed by atoms with van der Waals surface area (Å²) in [5.41, 5.74) is 1.62. The number of piperidine rings is 1. The molecule has 2 atom stereocenters. The molecule has 0 spiro atoms. The van der Waals surface area contributed by atoms with E-state index in [1.54, 1.807) is 12.5 Å². The van der Waals surface area contributed by atoms with Crippen molar-refractivity contribution >= 4 is 0 Å². The molecule has 0 saturated carbocycles. The molecule has 126 valence electrons. The number of aromatic nitrogens is 1.